The molecule has 0 saturated carbocycles. The van der Waals surface area contributed by atoms with Gasteiger partial charge in [0.05, 0.1) is 34.4 Å². The molecule has 1 amide bonds. The summed E-state index contributed by atoms with van der Waals surface area (Å²) < 4.78 is 7.14. The predicted octanol–water partition coefficient (Wildman–Crippen LogP) is 7.02. The topological polar surface area (TPSA) is 69.0 Å². The molecule has 1 heterocycles. The van der Waals surface area contributed by atoms with E-state index in [1.165, 1.54) is 11.8 Å². The van der Waals surface area contributed by atoms with Crippen molar-refractivity contribution in [2.45, 2.75) is 23.9 Å². The smallest absolute Gasteiger partial charge is 0.253 e. The third kappa shape index (κ3) is 5.93. The van der Waals surface area contributed by atoms with Crippen LogP contribution in [0.1, 0.15) is 34.7 Å². The Morgan fingerprint density at radius 3 is 2.60 bits per heavy atom. The van der Waals surface area contributed by atoms with Crippen LogP contribution in [0.25, 0.3) is 5.69 Å². The molecule has 1 atom stereocenters. The Labute approximate surface area is 222 Å². The van der Waals surface area contributed by atoms with E-state index in [4.69, 9.17) is 39.5 Å². The minimum Gasteiger partial charge on any atom is -0.497 e. The van der Waals surface area contributed by atoms with Gasteiger partial charge in [0.2, 0.25) is 0 Å². The van der Waals surface area contributed by atoms with E-state index in [9.17, 15) is 4.79 Å². The van der Waals surface area contributed by atoms with Crippen molar-refractivity contribution in [1.82, 2.24) is 20.1 Å². The SMILES string of the molecule is COc1cccc(CSc2nnc(C(C)NC(=O)c3ccccc3Cl)n2-c2cc(Cl)ccc2Cl)c1. The van der Waals surface area contributed by atoms with Crippen LogP contribution in [0.3, 0.4) is 0 Å². The van der Waals surface area contributed by atoms with Crippen molar-refractivity contribution in [3.8, 4) is 11.4 Å². The molecule has 0 aliphatic carbocycles. The van der Waals surface area contributed by atoms with Gasteiger partial charge >= 0.3 is 0 Å². The highest BCUT2D eigenvalue weighted by Crippen LogP contribution is 2.33. The lowest BCUT2D eigenvalue weighted by Crippen LogP contribution is -2.29. The van der Waals surface area contributed by atoms with E-state index in [0.717, 1.165) is 11.3 Å². The number of methoxy groups -OCH3 is 1. The van der Waals surface area contributed by atoms with Crippen LogP contribution in [-0.2, 0) is 5.75 Å². The summed E-state index contributed by atoms with van der Waals surface area (Å²) in [5.74, 6) is 1.58. The highest BCUT2D eigenvalue weighted by molar-refractivity contribution is 7.98. The number of ether oxygens (including phenoxy) is 1. The summed E-state index contributed by atoms with van der Waals surface area (Å²) in [7, 11) is 1.63. The van der Waals surface area contributed by atoms with E-state index >= 15 is 0 Å². The average molecular weight is 548 g/mol. The molecule has 0 spiro atoms. The molecule has 6 nitrogen and oxygen atoms in total. The first-order chi connectivity index (χ1) is 16.9. The van der Waals surface area contributed by atoms with E-state index in [1.54, 1.807) is 49.6 Å². The van der Waals surface area contributed by atoms with Crippen LogP contribution in [0.4, 0.5) is 0 Å². The number of aromatic nitrogens is 3. The summed E-state index contributed by atoms with van der Waals surface area (Å²) in [4.78, 5) is 12.9. The molecule has 4 aromatic rings. The number of nitrogens with one attached hydrogen (secondary N) is 1. The summed E-state index contributed by atoms with van der Waals surface area (Å²) >= 11 is 20.5. The van der Waals surface area contributed by atoms with Gasteiger partial charge in [-0.05, 0) is 55.0 Å². The molecule has 1 unspecified atom stereocenters. The van der Waals surface area contributed by atoms with Crippen LogP contribution in [0, 0.1) is 0 Å². The summed E-state index contributed by atoms with van der Waals surface area (Å²) in [5, 5.41) is 13.7. The van der Waals surface area contributed by atoms with Gasteiger partial charge in [-0.1, -0.05) is 70.8 Å². The number of thioether (sulfide) groups is 1. The lowest BCUT2D eigenvalue weighted by molar-refractivity contribution is 0.0938. The van der Waals surface area contributed by atoms with Crippen molar-refractivity contribution in [3.63, 3.8) is 0 Å². The van der Waals surface area contributed by atoms with Crippen LogP contribution >= 0.6 is 46.6 Å². The molecule has 0 fully saturated rings. The Kier molecular flexibility index (Phi) is 8.23. The molecule has 1 aromatic heterocycles. The monoisotopic (exact) mass is 546 g/mol. The predicted molar refractivity (Wildman–Crippen MR) is 141 cm³/mol. The van der Waals surface area contributed by atoms with Crippen molar-refractivity contribution < 1.29 is 9.53 Å². The molecule has 4 rings (SSSR count). The Bertz CT molecular complexity index is 1360. The minimum atomic E-state index is -0.507. The van der Waals surface area contributed by atoms with Gasteiger partial charge in [-0.3, -0.25) is 9.36 Å². The van der Waals surface area contributed by atoms with Crippen LogP contribution in [0.15, 0.2) is 71.9 Å². The molecule has 180 valence electrons. The number of halogens is 3. The first-order valence-corrected chi connectivity index (χ1v) is 12.7. The summed E-state index contributed by atoms with van der Waals surface area (Å²) in [6.07, 6.45) is 0. The molecule has 0 aliphatic rings. The number of benzene rings is 3. The lowest BCUT2D eigenvalue weighted by Gasteiger charge is -2.18. The molecule has 35 heavy (non-hydrogen) atoms. The van der Waals surface area contributed by atoms with E-state index in [2.05, 4.69) is 15.5 Å². The number of carbonyl (C=O) groups is 1. The number of rotatable bonds is 8. The van der Waals surface area contributed by atoms with E-state index in [1.807, 2.05) is 35.8 Å². The summed E-state index contributed by atoms with van der Waals surface area (Å²) in [5.41, 5.74) is 2.05. The van der Waals surface area contributed by atoms with Gasteiger partial charge in [-0.2, -0.15) is 0 Å². The fourth-order valence-electron chi connectivity index (χ4n) is 3.43. The maximum atomic E-state index is 12.9. The van der Waals surface area contributed by atoms with Gasteiger partial charge in [-0.15, -0.1) is 10.2 Å². The van der Waals surface area contributed by atoms with Gasteiger partial charge in [0.1, 0.15) is 5.75 Å². The standard InChI is InChI=1S/C25H21Cl3N4O2S/c1-15(29-24(33)19-8-3-4-9-20(19)27)23-30-31-25(32(23)22-13-17(26)10-11-21(22)28)35-14-16-6-5-7-18(12-16)34-2/h3-13,15H,14H2,1-2H3,(H,29,33). The first-order valence-electron chi connectivity index (χ1n) is 10.6. The van der Waals surface area contributed by atoms with Gasteiger partial charge in [0.25, 0.3) is 5.91 Å². The van der Waals surface area contributed by atoms with Crippen molar-refractivity contribution in [1.29, 1.82) is 0 Å². The van der Waals surface area contributed by atoms with Gasteiger partial charge in [-0.25, -0.2) is 0 Å². The molecular formula is C25H21Cl3N4O2S. The number of amides is 1. The second kappa shape index (κ2) is 11.4. The van der Waals surface area contributed by atoms with Crippen molar-refractivity contribution in [2.75, 3.05) is 7.11 Å². The number of carbonyl (C=O) groups excluding carboxylic acids is 1. The maximum Gasteiger partial charge on any atom is 0.253 e. The second-order valence-corrected chi connectivity index (χ2v) is 9.78. The van der Waals surface area contributed by atoms with Crippen LogP contribution in [0.2, 0.25) is 15.1 Å². The second-order valence-electron chi connectivity index (χ2n) is 7.59. The van der Waals surface area contributed by atoms with Crippen molar-refractivity contribution in [2.24, 2.45) is 0 Å². The molecule has 3 aromatic carbocycles. The van der Waals surface area contributed by atoms with E-state index in [-0.39, 0.29) is 5.91 Å². The third-order valence-corrected chi connectivity index (χ3v) is 7.05. The normalized spacial score (nSPS) is 11.8. The number of hydrogen-bond acceptors (Lipinski definition) is 5. The fourth-order valence-corrected chi connectivity index (χ4v) is 4.92. The highest BCUT2D eigenvalue weighted by atomic mass is 35.5. The third-order valence-electron chi connectivity index (χ3n) is 5.16. The maximum absolute atomic E-state index is 12.9. The van der Waals surface area contributed by atoms with Crippen LogP contribution in [0.5, 0.6) is 5.75 Å². The van der Waals surface area contributed by atoms with Gasteiger partial charge < -0.3 is 10.1 Å². The zero-order valence-corrected chi connectivity index (χ0v) is 21.9. The first kappa shape index (κ1) is 25.4. The van der Waals surface area contributed by atoms with Gasteiger partial charge in [0, 0.05) is 10.8 Å². The number of nitrogens with zero attached hydrogens (tertiary/aromatic N) is 3. The van der Waals surface area contributed by atoms with E-state index in [0.29, 0.717) is 43.1 Å². The summed E-state index contributed by atoms with van der Waals surface area (Å²) in [6.45, 7) is 1.82. The number of hydrogen-bond donors (Lipinski definition) is 1. The Hall–Kier alpha value is -2.71. The largest absolute Gasteiger partial charge is 0.497 e. The van der Waals surface area contributed by atoms with E-state index < -0.39 is 6.04 Å². The molecule has 0 aliphatic heterocycles. The Morgan fingerprint density at radius 1 is 1.03 bits per heavy atom. The molecule has 0 saturated heterocycles. The minimum absolute atomic E-state index is 0.319. The molecular weight excluding hydrogens is 527 g/mol. The summed E-state index contributed by atoms with van der Waals surface area (Å²) in [6, 6.07) is 19.3. The van der Waals surface area contributed by atoms with Crippen LogP contribution in [-0.4, -0.2) is 27.8 Å². The zero-order valence-electron chi connectivity index (χ0n) is 18.8. The molecule has 0 radical (unpaired) electrons. The molecule has 10 heteroatoms. The zero-order chi connectivity index (χ0) is 24.9. The average Bonchev–Trinajstić information content (AvgIpc) is 3.28. The Balaban J connectivity index is 1.67. The van der Waals surface area contributed by atoms with Crippen molar-refractivity contribution >= 4 is 52.5 Å². The lowest BCUT2D eigenvalue weighted by atomic mass is 10.2. The van der Waals surface area contributed by atoms with Gasteiger partial charge in [0.15, 0.2) is 11.0 Å². The quantitative estimate of drug-likeness (QED) is 0.240. The molecule has 0 bridgehead atoms. The highest BCUT2D eigenvalue weighted by Gasteiger charge is 2.23. The molecule has 1 N–H and O–H groups in total. The van der Waals surface area contributed by atoms with Crippen LogP contribution < -0.4 is 10.1 Å². The Morgan fingerprint density at radius 2 is 1.83 bits per heavy atom. The van der Waals surface area contributed by atoms with Crippen molar-refractivity contribution in [3.05, 3.63) is 98.7 Å². The fraction of sp³-hybridized carbons (Fsp3) is 0.160.